The number of rotatable bonds is 11. The maximum absolute atomic E-state index is 5.88. The number of likely N-dealkylation sites (N-methyl/N-ethyl adjacent to an activating group) is 1. The zero-order valence-electron chi connectivity index (χ0n) is 13.9. The van der Waals surface area contributed by atoms with E-state index >= 15 is 0 Å². The van der Waals surface area contributed by atoms with E-state index in [1.165, 1.54) is 19.4 Å². The lowest BCUT2D eigenvalue weighted by molar-refractivity contribution is 0.000358. The summed E-state index contributed by atoms with van der Waals surface area (Å²) >= 11 is 0. The monoisotopic (exact) mass is 285 g/mol. The molecule has 1 N–H and O–H groups in total. The van der Waals surface area contributed by atoms with Crippen LogP contribution in [0.25, 0.3) is 0 Å². The SMILES string of the molecule is CCCOC1CCCN(CCNCCN(CC)CC)C1. The van der Waals surface area contributed by atoms with Gasteiger partial charge in [-0.2, -0.15) is 0 Å². The molecule has 0 bridgehead atoms. The molecule has 120 valence electrons. The molecule has 0 amide bonds. The molecule has 0 aliphatic carbocycles. The minimum atomic E-state index is 0.472. The molecule has 4 heteroatoms. The van der Waals surface area contributed by atoms with Crippen molar-refractivity contribution in [3.63, 3.8) is 0 Å². The average molecular weight is 285 g/mol. The van der Waals surface area contributed by atoms with E-state index in [4.69, 9.17) is 4.74 Å². The van der Waals surface area contributed by atoms with E-state index in [1.807, 2.05) is 0 Å². The highest BCUT2D eigenvalue weighted by Gasteiger charge is 2.19. The second kappa shape index (κ2) is 11.5. The molecule has 1 rings (SSSR count). The molecule has 1 fully saturated rings. The topological polar surface area (TPSA) is 27.7 Å². The third-order valence-electron chi connectivity index (χ3n) is 4.12. The lowest BCUT2D eigenvalue weighted by atomic mass is 10.1. The Hall–Kier alpha value is -0.160. The highest BCUT2D eigenvalue weighted by molar-refractivity contribution is 4.74. The summed E-state index contributed by atoms with van der Waals surface area (Å²) in [4.78, 5) is 5.01. The summed E-state index contributed by atoms with van der Waals surface area (Å²) in [7, 11) is 0. The third-order valence-corrected chi connectivity index (χ3v) is 4.12. The van der Waals surface area contributed by atoms with Crippen LogP contribution in [-0.4, -0.2) is 74.9 Å². The van der Waals surface area contributed by atoms with E-state index in [0.29, 0.717) is 6.10 Å². The lowest BCUT2D eigenvalue weighted by Gasteiger charge is -2.32. The van der Waals surface area contributed by atoms with Gasteiger partial charge in [-0.1, -0.05) is 20.8 Å². The highest BCUT2D eigenvalue weighted by atomic mass is 16.5. The summed E-state index contributed by atoms with van der Waals surface area (Å²) < 4.78 is 5.88. The first-order chi connectivity index (χ1) is 9.80. The largest absolute Gasteiger partial charge is 0.377 e. The van der Waals surface area contributed by atoms with Gasteiger partial charge in [0.15, 0.2) is 0 Å². The first kappa shape index (κ1) is 17.9. The van der Waals surface area contributed by atoms with Crippen molar-refractivity contribution in [2.45, 2.75) is 46.1 Å². The maximum atomic E-state index is 5.88. The maximum Gasteiger partial charge on any atom is 0.0702 e. The number of piperidine rings is 1. The van der Waals surface area contributed by atoms with Crippen LogP contribution in [0.5, 0.6) is 0 Å². The van der Waals surface area contributed by atoms with Crippen LogP contribution in [-0.2, 0) is 4.74 Å². The van der Waals surface area contributed by atoms with Gasteiger partial charge in [0, 0.05) is 39.3 Å². The number of hydrogen-bond acceptors (Lipinski definition) is 4. The summed E-state index contributed by atoms with van der Waals surface area (Å²) in [6, 6.07) is 0. The standard InChI is InChI=1S/C16H35N3O/c1-4-14-20-16-8-7-11-19(15-16)13-10-17-9-12-18(5-2)6-3/h16-17H,4-15H2,1-3H3. The summed E-state index contributed by atoms with van der Waals surface area (Å²) in [5.41, 5.74) is 0. The number of hydrogen-bond donors (Lipinski definition) is 1. The first-order valence-corrected chi connectivity index (χ1v) is 8.57. The van der Waals surface area contributed by atoms with Crippen molar-refractivity contribution in [2.24, 2.45) is 0 Å². The van der Waals surface area contributed by atoms with Gasteiger partial charge in [-0.3, -0.25) is 4.90 Å². The average Bonchev–Trinajstić information content (AvgIpc) is 2.49. The third kappa shape index (κ3) is 7.58. The zero-order chi connectivity index (χ0) is 14.6. The van der Waals surface area contributed by atoms with Crippen LogP contribution < -0.4 is 5.32 Å². The molecule has 4 nitrogen and oxygen atoms in total. The van der Waals surface area contributed by atoms with Crippen LogP contribution in [0.2, 0.25) is 0 Å². The number of nitrogens with one attached hydrogen (secondary N) is 1. The van der Waals surface area contributed by atoms with Crippen LogP contribution in [0.4, 0.5) is 0 Å². The van der Waals surface area contributed by atoms with Gasteiger partial charge < -0.3 is 15.0 Å². The van der Waals surface area contributed by atoms with Crippen molar-refractivity contribution < 1.29 is 4.74 Å². The van der Waals surface area contributed by atoms with E-state index in [9.17, 15) is 0 Å². The molecule has 0 spiro atoms. The molecule has 0 aromatic heterocycles. The van der Waals surface area contributed by atoms with Crippen molar-refractivity contribution in [3.8, 4) is 0 Å². The molecule has 1 aliphatic heterocycles. The Balaban J connectivity index is 2.03. The van der Waals surface area contributed by atoms with Gasteiger partial charge in [-0.15, -0.1) is 0 Å². The molecule has 1 atom stereocenters. The summed E-state index contributed by atoms with van der Waals surface area (Å²) in [6.45, 7) is 16.7. The van der Waals surface area contributed by atoms with Gasteiger partial charge in [0.25, 0.3) is 0 Å². The fourth-order valence-corrected chi connectivity index (χ4v) is 2.78. The molecular formula is C16H35N3O. The molecule has 0 aromatic rings. The molecule has 20 heavy (non-hydrogen) atoms. The molecule has 1 heterocycles. The smallest absolute Gasteiger partial charge is 0.0702 e. The van der Waals surface area contributed by atoms with Crippen molar-refractivity contribution in [1.29, 1.82) is 0 Å². The van der Waals surface area contributed by atoms with Gasteiger partial charge in [0.2, 0.25) is 0 Å². The molecule has 0 saturated carbocycles. The van der Waals surface area contributed by atoms with Gasteiger partial charge in [-0.05, 0) is 38.9 Å². The number of ether oxygens (including phenoxy) is 1. The van der Waals surface area contributed by atoms with E-state index in [0.717, 1.165) is 58.8 Å². The van der Waals surface area contributed by atoms with E-state index in [-0.39, 0.29) is 0 Å². The van der Waals surface area contributed by atoms with Crippen LogP contribution in [0, 0.1) is 0 Å². The fourth-order valence-electron chi connectivity index (χ4n) is 2.78. The van der Waals surface area contributed by atoms with Crippen LogP contribution >= 0.6 is 0 Å². The molecule has 1 unspecified atom stereocenters. The Morgan fingerprint density at radius 1 is 1.20 bits per heavy atom. The molecule has 0 radical (unpaired) electrons. The minimum Gasteiger partial charge on any atom is -0.377 e. The molecular weight excluding hydrogens is 250 g/mol. The van der Waals surface area contributed by atoms with Gasteiger partial charge in [-0.25, -0.2) is 0 Å². The predicted molar refractivity (Wildman–Crippen MR) is 86.4 cm³/mol. The molecule has 1 aliphatic rings. The first-order valence-electron chi connectivity index (χ1n) is 8.57. The lowest BCUT2D eigenvalue weighted by Crippen LogP contribution is -2.43. The summed E-state index contributed by atoms with van der Waals surface area (Å²) in [5, 5.41) is 3.57. The summed E-state index contributed by atoms with van der Waals surface area (Å²) in [5.74, 6) is 0. The predicted octanol–water partition coefficient (Wildman–Crippen LogP) is 1.81. The van der Waals surface area contributed by atoms with E-state index in [1.54, 1.807) is 0 Å². The highest BCUT2D eigenvalue weighted by Crippen LogP contribution is 2.12. The fraction of sp³-hybridized carbons (Fsp3) is 1.00. The number of nitrogens with zero attached hydrogens (tertiary/aromatic N) is 2. The van der Waals surface area contributed by atoms with Gasteiger partial charge in [0.1, 0.15) is 0 Å². The Labute approximate surface area is 125 Å². The normalized spacial score (nSPS) is 20.7. The van der Waals surface area contributed by atoms with Crippen molar-refractivity contribution in [3.05, 3.63) is 0 Å². The summed E-state index contributed by atoms with van der Waals surface area (Å²) in [6.07, 6.45) is 4.13. The Bertz CT molecular complexity index is 222. The van der Waals surface area contributed by atoms with E-state index in [2.05, 4.69) is 35.9 Å². The van der Waals surface area contributed by atoms with Crippen molar-refractivity contribution in [2.75, 3.05) is 59.0 Å². The van der Waals surface area contributed by atoms with Gasteiger partial charge >= 0.3 is 0 Å². The minimum absolute atomic E-state index is 0.472. The van der Waals surface area contributed by atoms with Crippen LogP contribution in [0.3, 0.4) is 0 Å². The Morgan fingerprint density at radius 3 is 2.70 bits per heavy atom. The molecule has 0 aromatic carbocycles. The second-order valence-electron chi connectivity index (χ2n) is 5.71. The van der Waals surface area contributed by atoms with Crippen LogP contribution in [0.15, 0.2) is 0 Å². The van der Waals surface area contributed by atoms with Crippen molar-refractivity contribution >= 4 is 0 Å². The van der Waals surface area contributed by atoms with E-state index < -0.39 is 0 Å². The van der Waals surface area contributed by atoms with Gasteiger partial charge in [0.05, 0.1) is 6.10 Å². The quantitative estimate of drug-likeness (QED) is 0.586. The number of likely N-dealkylation sites (tertiary alicyclic amines) is 1. The van der Waals surface area contributed by atoms with Crippen LogP contribution in [0.1, 0.15) is 40.0 Å². The molecule has 1 saturated heterocycles. The zero-order valence-corrected chi connectivity index (χ0v) is 13.9. The van der Waals surface area contributed by atoms with Crippen molar-refractivity contribution in [1.82, 2.24) is 15.1 Å². The Morgan fingerprint density at radius 2 is 2.00 bits per heavy atom. The Kier molecular flexibility index (Phi) is 10.3. The second-order valence-corrected chi connectivity index (χ2v) is 5.71.